The van der Waals surface area contributed by atoms with Gasteiger partial charge >= 0.3 is 0 Å². The van der Waals surface area contributed by atoms with E-state index in [1.165, 1.54) is 19.3 Å². The number of ether oxygens (including phenoxy) is 1. The highest BCUT2D eigenvalue weighted by Gasteiger charge is 2.15. The highest BCUT2D eigenvalue weighted by atomic mass is 16.5. The molecule has 1 saturated heterocycles. The lowest BCUT2D eigenvalue weighted by Gasteiger charge is -2.30. The molecule has 1 heterocycles. The van der Waals surface area contributed by atoms with E-state index in [4.69, 9.17) is 10.5 Å². The van der Waals surface area contributed by atoms with Crippen LogP contribution in [0, 0.1) is 0 Å². The van der Waals surface area contributed by atoms with Crippen molar-refractivity contribution in [2.45, 2.75) is 26.2 Å². The molecule has 1 aliphatic rings. The molecule has 0 atom stereocenters. The van der Waals surface area contributed by atoms with Crippen LogP contribution in [0.4, 0.5) is 11.4 Å². The van der Waals surface area contributed by atoms with Crippen LogP contribution in [-0.2, 0) is 0 Å². The summed E-state index contributed by atoms with van der Waals surface area (Å²) in [7, 11) is 0. The minimum Gasteiger partial charge on any atom is -0.492 e. The normalized spacial score (nSPS) is 16.2. The van der Waals surface area contributed by atoms with E-state index in [9.17, 15) is 0 Å². The lowest BCUT2D eigenvalue weighted by molar-refractivity contribution is 0.342. The Morgan fingerprint density at radius 2 is 2.00 bits per heavy atom. The molecule has 0 unspecified atom stereocenters. The van der Waals surface area contributed by atoms with E-state index >= 15 is 0 Å². The largest absolute Gasteiger partial charge is 0.492 e. The molecule has 3 nitrogen and oxygen atoms in total. The average Bonchev–Trinajstić information content (AvgIpc) is 2.33. The van der Waals surface area contributed by atoms with Crippen LogP contribution in [0.25, 0.3) is 0 Å². The number of nitrogens with zero attached hydrogens (tertiary/aromatic N) is 1. The molecule has 0 saturated carbocycles. The van der Waals surface area contributed by atoms with Gasteiger partial charge in [-0.15, -0.1) is 0 Å². The maximum absolute atomic E-state index is 6.13. The molecule has 1 aromatic rings. The van der Waals surface area contributed by atoms with E-state index in [1.807, 2.05) is 19.1 Å². The number of para-hydroxylation sites is 1. The molecular weight excluding hydrogens is 200 g/mol. The fourth-order valence-electron chi connectivity index (χ4n) is 2.22. The third-order valence-corrected chi connectivity index (χ3v) is 3.04. The maximum atomic E-state index is 6.13. The van der Waals surface area contributed by atoms with Crippen LogP contribution in [0.2, 0.25) is 0 Å². The van der Waals surface area contributed by atoms with Crippen LogP contribution in [0.3, 0.4) is 0 Å². The Labute approximate surface area is 97.2 Å². The second-order valence-corrected chi connectivity index (χ2v) is 4.17. The van der Waals surface area contributed by atoms with Gasteiger partial charge < -0.3 is 15.4 Å². The molecule has 16 heavy (non-hydrogen) atoms. The van der Waals surface area contributed by atoms with E-state index in [0.29, 0.717) is 6.61 Å². The molecule has 0 aromatic heterocycles. The van der Waals surface area contributed by atoms with Crippen LogP contribution in [0.1, 0.15) is 26.2 Å². The first-order chi connectivity index (χ1) is 7.83. The highest BCUT2D eigenvalue weighted by Crippen LogP contribution is 2.33. The van der Waals surface area contributed by atoms with Gasteiger partial charge in [-0.05, 0) is 38.3 Å². The van der Waals surface area contributed by atoms with Crippen LogP contribution in [0.5, 0.6) is 5.75 Å². The first-order valence-corrected chi connectivity index (χ1v) is 6.09. The SMILES string of the molecule is CCOc1cccc(N2CCCCC2)c1N. The molecule has 1 aromatic carbocycles. The molecule has 0 aliphatic carbocycles. The Kier molecular flexibility index (Phi) is 3.54. The van der Waals surface area contributed by atoms with E-state index in [2.05, 4.69) is 11.0 Å². The minimum absolute atomic E-state index is 0.660. The molecule has 1 fully saturated rings. The lowest BCUT2D eigenvalue weighted by atomic mass is 10.1. The van der Waals surface area contributed by atoms with Gasteiger partial charge in [0.05, 0.1) is 18.0 Å². The van der Waals surface area contributed by atoms with Gasteiger partial charge in [0.25, 0.3) is 0 Å². The molecule has 0 amide bonds. The Morgan fingerprint density at radius 1 is 1.25 bits per heavy atom. The smallest absolute Gasteiger partial charge is 0.144 e. The van der Waals surface area contributed by atoms with Crippen molar-refractivity contribution >= 4 is 11.4 Å². The van der Waals surface area contributed by atoms with Crippen LogP contribution in [0.15, 0.2) is 18.2 Å². The predicted molar refractivity (Wildman–Crippen MR) is 68.1 cm³/mol. The van der Waals surface area contributed by atoms with E-state index < -0.39 is 0 Å². The second-order valence-electron chi connectivity index (χ2n) is 4.17. The fourth-order valence-corrected chi connectivity index (χ4v) is 2.22. The second kappa shape index (κ2) is 5.10. The van der Waals surface area contributed by atoms with Crippen molar-refractivity contribution in [2.75, 3.05) is 30.3 Å². The van der Waals surface area contributed by atoms with Crippen molar-refractivity contribution in [3.8, 4) is 5.75 Å². The van der Waals surface area contributed by atoms with Gasteiger partial charge in [-0.25, -0.2) is 0 Å². The molecule has 0 bridgehead atoms. The topological polar surface area (TPSA) is 38.5 Å². The standard InChI is InChI=1S/C13H20N2O/c1-2-16-12-8-6-7-11(13(12)14)15-9-4-3-5-10-15/h6-8H,2-5,9-10,14H2,1H3. The molecular formula is C13H20N2O. The zero-order chi connectivity index (χ0) is 11.4. The predicted octanol–water partition coefficient (Wildman–Crippen LogP) is 2.66. The zero-order valence-electron chi connectivity index (χ0n) is 9.91. The quantitative estimate of drug-likeness (QED) is 0.796. The molecule has 2 N–H and O–H groups in total. The van der Waals surface area contributed by atoms with Crippen molar-refractivity contribution in [1.29, 1.82) is 0 Å². The lowest BCUT2D eigenvalue weighted by Crippen LogP contribution is -2.30. The van der Waals surface area contributed by atoms with Gasteiger partial charge in [-0.1, -0.05) is 6.07 Å². The summed E-state index contributed by atoms with van der Waals surface area (Å²) in [4.78, 5) is 2.36. The summed E-state index contributed by atoms with van der Waals surface area (Å²) in [6.07, 6.45) is 3.86. The molecule has 0 spiro atoms. The van der Waals surface area contributed by atoms with Gasteiger partial charge in [0.1, 0.15) is 5.75 Å². The third-order valence-electron chi connectivity index (χ3n) is 3.04. The first-order valence-electron chi connectivity index (χ1n) is 6.09. The van der Waals surface area contributed by atoms with Crippen LogP contribution >= 0.6 is 0 Å². The van der Waals surface area contributed by atoms with Crippen molar-refractivity contribution in [2.24, 2.45) is 0 Å². The number of nitrogen functional groups attached to an aromatic ring is 1. The van der Waals surface area contributed by atoms with Crippen LogP contribution in [-0.4, -0.2) is 19.7 Å². The molecule has 88 valence electrons. The monoisotopic (exact) mass is 220 g/mol. The minimum atomic E-state index is 0.660. The van der Waals surface area contributed by atoms with Crippen LogP contribution < -0.4 is 15.4 Å². The number of benzene rings is 1. The zero-order valence-corrected chi connectivity index (χ0v) is 9.91. The Hall–Kier alpha value is -1.38. The van der Waals surface area contributed by atoms with E-state index in [-0.39, 0.29) is 0 Å². The van der Waals surface area contributed by atoms with Crippen molar-refractivity contribution in [1.82, 2.24) is 0 Å². The Bertz CT molecular complexity index is 346. The summed E-state index contributed by atoms with van der Waals surface area (Å²) < 4.78 is 5.52. The number of nitrogens with two attached hydrogens (primary N) is 1. The van der Waals surface area contributed by atoms with Gasteiger partial charge in [0.15, 0.2) is 0 Å². The number of rotatable bonds is 3. The summed E-state index contributed by atoms with van der Waals surface area (Å²) in [6, 6.07) is 6.04. The number of anilines is 2. The maximum Gasteiger partial charge on any atom is 0.144 e. The summed E-state index contributed by atoms with van der Waals surface area (Å²) in [5, 5.41) is 0. The molecule has 1 aliphatic heterocycles. The van der Waals surface area contributed by atoms with E-state index in [0.717, 1.165) is 30.2 Å². The Balaban J connectivity index is 2.22. The first kappa shape index (κ1) is 11.1. The summed E-state index contributed by atoms with van der Waals surface area (Å²) in [6.45, 7) is 4.86. The van der Waals surface area contributed by atoms with Crippen molar-refractivity contribution in [3.05, 3.63) is 18.2 Å². The molecule has 3 heteroatoms. The number of hydrogen-bond acceptors (Lipinski definition) is 3. The molecule has 2 rings (SSSR count). The van der Waals surface area contributed by atoms with E-state index in [1.54, 1.807) is 0 Å². The Morgan fingerprint density at radius 3 is 2.69 bits per heavy atom. The summed E-state index contributed by atoms with van der Waals surface area (Å²) >= 11 is 0. The van der Waals surface area contributed by atoms with Gasteiger partial charge in [0, 0.05) is 13.1 Å². The number of hydrogen-bond donors (Lipinski definition) is 1. The summed E-state index contributed by atoms with van der Waals surface area (Å²) in [5.41, 5.74) is 8.05. The number of piperidine rings is 1. The van der Waals surface area contributed by atoms with Gasteiger partial charge in [-0.3, -0.25) is 0 Å². The fraction of sp³-hybridized carbons (Fsp3) is 0.538. The average molecular weight is 220 g/mol. The van der Waals surface area contributed by atoms with Gasteiger partial charge in [0.2, 0.25) is 0 Å². The van der Waals surface area contributed by atoms with Crippen molar-refractivity contribution < 1.29 is 4.74 Å². The molecule has 0 radical (unpaired) electrons. The third kappa shape index (κ3) is 2.23. The summed E-state index contributed by atoms with van der Waals surface area (Å²) in [5.74, 6) is 0.811. The van der Waals surface area contributed by atoms with Crippen molar-refractivity contribution in [3.63, 3.8) is 0 Å². The highest BCUT2D eigenvalue weighted by molar-refractivity contribution is 5.74. The van der Waals surface area contributed by atoms with Gasteiger partial charge in [-0.2, -0.15) is 0 Å².